The molecule has 1 aromatic rings. The Labute approximate surface area is 96.0 Å². The van der Waals surface area contributed by atoms with Crippen molar-refractivity contribution < 1.29 is 19.6 Å². The van der Waals surface area contributed by atoms with E-state index in [0.29, 0.717) is 0 Å². The maximum absolute atomic E-state index is 11.3. The van der Waals surface area contributed by atoms with E-state index in [1.54, 1.807) is 6.07 Å². The Bertz CT molecular complexity index is 518. The monoisotopic (exact) mass is 236 g/mol. The molecular weight excluding hydrogens is 228 g/mol. The molecule has 0 amide bonds. The molecule has 7 nitrogen and oxygen atoms in total. The highest BCUT2D eigenvalue weighted by molar-refractivity contribution is 5.92. The van der Waals surface area contributed by atoms with Crippen LogP contribution in [-0.4, -0.2) is 23.1 Å². The van der Waals surface area contributed by atoms with E-state index in [9.17, 15) is 14.9 Å². The lowest BCUT2D eigenvalue weighted by molar-refractivity contribution is -0.385. The van der Waals surface area contributed by atoms with Gasteiger partial charge in [0.05, 0.1) is 24.2 Å². The molecule has 0 fully saturated rings. The van der Waals surface area contributed by atoms with Crippen LogP contribution < -0.4 is 0 Å². The van der Waals surface area contributed by atoms with Crippen molar-refractivity contribution >= 4 is 11.7 Å². The van der Waals surface area contributed by atoms with Crippen molar-refractivity contribution in [2.75, 3.05) is 7.11 Å². The molecule has 88 valence electrons. The lowest BCUT2D eigenvalue weighted by Gasteiger charge is -2.06. The molecule has 0 aliphatic carbocycles. The van der Waals surface area contributed by atoms with Gasteiger partial charge in [0.1, 0.15) is 11.6 Å². The van der Waals surface area contributed by atoms with Crippen molar-refractivity contribution in [1.82, 2.24) is 0 Å². The van der Waals surface area contributed by atoms with E-state index in [4.69, 9.17) is 10.4 Å². The van der Waals surface area contributed by atoms with E-state index < -0.39 is 23.2 Å². The standard InChI is InChI=1S/C10H8N2O5/c1-17-10(14)8-2-6(4-11)9(12(15)16)3-7(8)5-13/h2-3,13H,5H2,1H3. The molecule has 1 N–H and O–H groups in total. The molecule has 0 heterocycles. The smallest absolute Gasteiger partial charge is 0.338 e. The van der Waals surface area contributed by atoms with Crippen LogP contribution in [0.3, 0.4) is 0 Å². The first-order chi connectivity index (χ1) is 8.04. The zero-order chi connectivity index (χ0) is 13.0. The van der Waals surface area contributed by atoms with Crippen molar-refractivity contribution in [2.45, 2.75) is 6.61 Å². The van der Waals surface area contributed by atoms with E-state index in [2.05, 4.69) is 4.74 Å². The highest BCUT2D eigenvalue weighted by Gasteiger charge is 2.21. The molecule has 0 unspecified atom stereocenters. The summed E-state index contributed by atoms with van der Waals surface area (Å²) in [6.07, 6.45) is 0. The number of nitrogens with zero attached hydrogens (tertiary/aromatic N) is 2. The van der Waals surface area contributed by atoms with Crippen molar-refractivity contribution in [1.29, 1.82) is 5.26 Å². The summed E-state index contributed by atoms with van der Waals surface area (Å²) in [4.78, 5) is 21.2. The van der Waals surface area contributed by atoms with E-state index in [1.807, 2.05) is 0 Å². The minimum atomic E-state index is -0.763. The summed E-state index contributed by atoms with van der Waals surface area (Å²) in [6, 6.07) is 3.64. The predicted molar refractivity (Wildman–Crippen MR) is 55.1 cm³/mol. The molecular formula is C10H8N2O5. The molecule has 0 aliphatic rings. The van der Waals surface area contributed by atoms with E-state index in [0.717, 1.165) is 19.2 Å². The first-order valence-electron chi connectivity index (χ1n) is 4.45. The number of aliphatic hydroxyl groups excluding tert-OH is 1. The van der Waals surface area contributed by atoms with Crippen LogP contribution >= 0.6 is 0 Å². The zero-order valence-corrected chi connectivity index (χ0v) is 8.84. The Morgan fingerprint density at radius 3 is 2.71 bits per heavy atom. The van der Waals surface area contributed by atoms with E-state index in [1.165, 1.54) is 0 Å². The van der Waals surface area contributed by atoms with Crippen LogP contribution in [0.15, 0.2) is 12.1 Å². The second-order valence-corrected chi connectivity index (χ2v) is 3.05. The summed E-state index contributed by atoms with van der Waals surface area (Å²) in [5.74, 6) is -0.763. The minimum Gasteiger partial charge on any atom is -0.465 e. The third kappa shape index (κ3) is 2.38. The molecule has 1 aromatic carbocycles. The van der Waals surface area contributed by atoms with Crippen LogP contribution in [0.1, 0.15) is 21.5 Å². The quantitative estimate of drug-likeness (QED) is 0.470. The Hall–Kier alpha value is -2.46. The first kappa shape index (κ1) is 12.6. The molecule has 0 aromatic heterocycles. The average molecular weight is 236 g/mol. The topological polar surface area (TPSA) is 113 Å². The predicted octanol–water partition coefficient (Wildman–Crippen LogP) is 0.745. The average Bonchev–Trinajstić information content (AvgIpc) is 2.35. The number of nitro benzene ring substituents is 1. The molecule has 1 rings (SSSR count). The van der Waals surface area contributed by atoms with E-state index in [-0.39, 0.29) is 16.7 Å². The molecule has 0 saturated heterocycles. The highest BCUT2D eigenvalue weighted by Crippen LogP contribution is 2.23. The number of rotatable bonds is 3. The van der Waals surface area contributed by atoms with Gasteiger partial charge in [-0.3, -0.25) is 10.1 Å². The minimum absolute atomic E-state index is 0.0440. The highest BCUT2D eigenvalue weighted by atomic mass is 16.6. The number of aliphatic hydroxyl groups is 1. The molecule has 0 bridgehead atoms. The van der Waals surface area contributed by atoms with Crippen molar-refractivity contribution in [3.63, 3.8) is 0 Å². The summed E-state index contributed by atoms with van der Waals surface area (Å²) in [6.45, 7) is -0.559. The summed E-state index contributed by atoms with van der Waals surface area (Å²) in [7, 11) is 1.14. The van der Waals surface area contributed by atoms with Gasteiger partial charge in [-0.05, 0) is 11.6 Å². The maximum Gasteiger partial charge on any atom is 0.338 e. The molecule has 0 saturated carbocycles. The Kier molecular flexibility index (Phi) is 3.74. The van der Waals surface area contributed by atoms with Crippen LogP contribution in [0.5, 0.6) is 0 Å². The molecule has 7 heteroatoms. The molecule has 0 aliphatic heterocycles. The summed E-state index contributed by atoms with van der Waals surface area (Å²) >= 11 is 0. The van der Waals surface area contributed by atoms with Gasteiger partial charge in [0.15, 0.2) is 0 Å². The van der Waals surface area contributed by atoms with Gasteiger partial charge in [-0.25, -0.2) is 4.79 Å². The van der Waals surface area contributed by atoms with Crippen LogP contribution in [-0.2, 0) is 11.3 Å². The lowest BCUT2D eigenvalue weighted by Crippen LogP contribution is -2.08. The number of hydrogen-bond donors (Lipinski definition) is 1. The van der Waals surface area contributed by atoms with Gasteiger partial charge in [-0.1, -0.05) is 0 Å². The van der Waals surface area contributed by atoms with E-state index >= 15 is 0 Å². The van der Waals surface area contributed by atoms with Gasteiger partial charge in [0.25, 0.3) is 5.69 Å². The summed E-state index contributed by atoms with van der Waals surface area (Å²) < 4.78 is 4.45. The zero-order valence-electron chi connectivity index (χ0n) is 8.84. The van der Waals surface area contributed by atoms with Gasteiger partial charge < -0.3 is 9.84 Å². The fourth-order valence-corrected chi connectivity index (χ4v) is 1.30. The van der Waals surface area contributed by atoms with Gasteiger partial charge in [0.2, 0.25) is 0 Å². The number of hydrogen-bond acceptors (Lipinski definition) is 6. The number of carbonyl (C=O) groups excluding carboxylic acids is 1. The normalized spacial score (nSPS) is 9.47. The van der Waals surface area contributed by atoms with Crippen LogP contribution in [0, 0.1) is 21.4 Å². The number of esters is 1. The number of benzene rings is 1. The molecule has 17 heavy (non-hydrogen) atoms. The van der Waals surface area contributed by atoms with Gasteiger partial charge >= 0.3 is 5.97 Å². The summed E-state index contributed by atoms with van der Waals surface area (Å²) in [5.41, 5.74) is -0.725. The van der Waals surface area contributed by atoms with Crippen LogP contribution in [0.2, 0.25) is 0 Å². The van der Waals surface area contributed by atoms with Crippen molar-refractivity contribution in [3.05, 3.63) is 38.9 Å². The molecule has 0 radical (unpaired) electrons. The molecule has 0 atom stereocenters. The number of nitriles is 1. The van der Waals surface area contributed by atoms with Gasteiger partial charge in [-0.2, -0.15) is 5.26 Å². The fraction of sp³-hybridized carbons (Fsp3) is 0.200. The Morgan fingerprint density at radius 1 is 1.65 bits per heavy atom. The lowest BCUT2D eigenvalue weighted by atomic mass is 10.0. The fourth-order valence-electron chi connectivity index (χ4n) is 1.30. The third-order valence-corrected chi connectivity index (χ3v) is 2.11. The second kappa shape index (κ2) is 5.05. The first-order valence-corrected chi connectivity index (χ1v) is 4.45. The maximum atomic E-state index is 11.3. The van der Waals surface area contributed by atoms with Crippen molar-refractivity contribution in [3.8, 4) is 6.07 Å². The van der Waals surface area contributed by atoms with Crippen LogP contribution in [0.25, 0.3) is 0 Å². The van der Waals surface area contributed by atoms with Crippen LogP contribution in [0.4, 0.5) is 5.69 Å². The Balaban J connectivity index is 3.50. The SMILES string of the molecule is COC(=O)c1cc(C#N)c([N+](=O)[O-])cc1CO. The number of ether oxygens (including phenoxy) is 1. The van der Waals surface area contributed by atoms with Crippen molar-refractivity contribution in [2.24, 2.45) is 0 Å². The summed E-state index contributed by atoms with van der Waals surface area (Å²) in [5, 5.41) is 28.4. The number of carbonyl (C=O) groups is 1. The van der Waals surface area contributed by atoms with Gasteiger partial charge in [-0.15, -0.1) is 0 Å². The second-order valence-electron chi connectivity index (χ2n) is 3.05. The Morgan fingerprint density at radius 2 is 2.29 bits per heavy atom. The van der Waals surface area contributed by atoms with Gasteiger partial charge in [0, 0.05) is 6.07 Å². The third-order valence-electron chi connectivity index (χ3n) is 2.11. The molecule has 0 spiro atoms. The largest absolute Gasteiger partial charge is 0.465 e. The number of methoxy groups -OCH3 is 1. The number of nitro groups is 1.